The van der Waals surface area contributed by atoms with Crippen LogP contribution in [0.25, 0.3) is 0 Å². The van der Waals surface area contributed by atoms with E-state index in [1.807, 2.05) is 6.92 Å². The maximum atomic E-state index is 13.0. The van der Waals surface area contributed by atoms with E-state index in [1.165, 1.54) is 19.2 Å². The van der Waals surface area contributed by atoms with Crippen LogP contribution in [0.2, 0.25) is 0 Å². The molecule has 2 rings (SSSR count). The van der Waals surface area contributed by atoms with Gasteiger partial charge in [-0.05, 0) is 52.2 Å². The number of rotatable bonds is 7. The highest BCUT2D eigenvalue weighted by Gasteiger charge is 2.18. The molecule has 0 unspecified atom stereocenters. The Morgan fingerprint density at radius 2 is 1.92 bits per heavy atom. The Hall–Kier alpha value is -2.08. The second-order valence-electron chi connectivity index (χ2n) is 5.63. The van der Waals surface area contributed by atoms with E-state index in [0.29, 0.717) is 34.7 Å². The minimum absolute atomic E-state index is 0.162. The number of hydrogen-bond acceptors (Lipinski definition) is 3. The first-order valence-corrected chi connectivity index (χ1v) is 8.75. The highest BCUT2D eigenvalue weighted by Crippen LogP contribution is 2.37. The van der Waals surface area contributed by atoms with Crippen molar-refractivity contribution < 1.29 is 18.7 Å². The lowest BCUT2D eigenvalue weighted by Gasteiger charge is -2.19. The van der Waals surface area contributed by atoms with Crippen molar-refractivity contribution in [3.8, 4) is 11.5 Å². The van der Waals surface area contributed by atoms with Crippen LogP contribution < -0.4 is 9.47 Å². The van der Waals surface area contributed by atoms with Crippen molar-refractivity contribution in [2.24, 2.45) is 0 Å². The number of methoxy groups -OCH3 is 1. The van der Waals surface area contributed by atoms with Crippen LogP contribution in [-0.4, -0.2) is 31.6 Å². The van der Waals surface area contributed by atoms with E-state index in [4.69, 9.17) is 9.47 Å². The standard InChI is InChI=1S/C19H21BrFNO3/c1-4-9-25-18-16(20)10-14(11-17(18)24-3)19(23)22(2)12-13-5-7-15(21)8-6-13/h5-8,10-11H,4,9,12H2,1-3H3. The van der Waals surface area contributed by atoms with Crippen LogP contribution in [0.5, 0.6) is 11.5 Å². The molecular formula is C19H21BrFNO3. The maximum Gasteiger partial charge on any atom is 0.254 e. The second-order valence-corrected chi connectivity index (χ2v) is 6.48. The highest BCUT2D eigenvalue weighted by atomic mass is 79.9. The van der Waals surface area contributed by atoms with Gasteiger partial charge in [-0.15, -0.1) is 0 Å². The summed E-state index contributed by atoms with van der Waals surface area (Å²) in [6.45, 7) is 2.96. The van der Waals surface area contributed by atoms with E-state index in [1.54, 1.807) is 36.2 Å². The maximum absolute atomic E-state index is 13.0. The molecule has 134 valence electrons. The molecule has 6 heteroatoms. The number of hydrogen-bond donors (Lipinski definition) is 0. The Balaban J connectivity index is 2.20. The van der Waals surface area contributed by atoms with Crippen LogP contribution in [0, 0.1) is 5.82 Å². The van der Waals surface area contributed by atoms with Gasteiger partial charge >= 0.3 is 0 Å². The molecule has 2 aromatic carbocycles. The smallest absolute Gasteiger partial charge is 0.254 e. The van der Waals surface area contributed by atoms with Gasteiger partial charge in [0.25, 0.3) is 5.91 Å². The van der Waals surface area contributed by atoms with Crippen LogP contribution in [0.4, 0.5) is 4.39 Å². The third-order valence-electron chi connectivity index (χ3n) is 3.61. The Kier molecular flexibility index (Phi) is 6.82. The van der Waals surface area contributed by atoms with Gasteiger partial charge in [-0.25, -0.2) is 4.39 Å². The summed E-state index contributed by atoms with van der Waals surface area (Å²) in [5.41, 5.74) is 1.34. The summed E-state index contributed by atoms with van der Waals surface area (Å²) < 4.78 is 24.7. The van der Waals surface area contributed by atoms with Crippen molar-refractivity contribution in [1.29, 1.82) is 0 Å². The van der Waals surface area contributed by atoms with Gasteiger partial charge in [0.05, 0.1) is 18.2 Å². The quantitative estimate of drug-likeness (QED) is 0.667. The van der Waals surface area contributed by atoms with Gasteiger partial charge in [-0.2, -0.15) is 0 Å². The van der Waals surface area contributed by atoms with Crippen molar-refractivity contribution in [2.45, 2.75) is 19.9 Å². The lowest BCUT2D eigenvalue weighted by Crippen LogP contribution is -2.26. The van der Waals surface area contributed by atoms with Gasteiger partial charge < -0.3 is 14.4 Å². The molecule has 0 bridgehead atoms. The van der Waals surface area contributed by atoms with Gasteiger partial charge in [0.15, 0.2) is 11.5 Å². The highest BCUT2D eigenvalue weighted by molar-refractivity contribution is 9.10. The minimum atomic E-state index is -0.297. The summed E-state index contributed by atoms with van der Waals surface area (Å²) in [6.07, 6.45) is 0.872. The van der Waals surface area contributed by atoms with Gasteiger partial charge in [0.2, 0.25) is 0 Å². The number of benzene rings is 2. The van der Waals surface area contributed by atoms with Gasteiger partial charge in [0.1, 0.15) is 5.82 Å². The zero-order valence-corrected chi connectivity index (χ0v) is 16.1. The first-order valence-electron chi connectivity index (χ1n) is 7.96. The molecule has 0 radical (unpaired) electrons. The average Bonchev–Trinajstić information content (AvgIpc) is 2.61. The summed E-state index contributed by atoms with van der Waals surface area (Å²) in [5.74, 6) is 0.628. The molecule has 0 spiro atoms. The van der Waals surface area contributed by atoms with Gasteiger partial charge in [-0.3, -0.25) is 4.79 Å². The summed E-state index contributed by atoms with van der Waals surface area (Å²) in [5, 5.41) is 0. The fourth-order valence-corrected chi connectivity index (χ4v) is 2.90. The molecule has 0 aromatic heterocycles. The monoisotopic (exact) mass is 409 g/mol. The van der Waals surface area contributed by atoms with Gasteiger partial charge in [-0.1, -0.05) is 19.1 Å². The summed E-state index contributed by atoms with van der Waals surface area (Å²) >= 11 is 3.44. The number of carbonyl (C=O) groups excluding carboxylic acids is 1. The first-order chi connectivity index (χ1) is 12.0. The van der Waals surface area contributed by atoms with E-state index in [9.17, 15) is 9.18 Å². The second kappa shape index (κ2) is 8.85. The number of carbonyl (C=O) groups is 1. The van der Waals surface area contributed by atoms with Gasteiger partial charge in [0, 0.05) is 19.2 Å². The summed E-state index contributed by atoms with van der Waals surface area (Å²) in [4.78, 5) is 14.3. The topological polar surface area (TPSA) is 38.8 Å². The molecule has 0 saturated carbocycles. The van der Waals surface area contributed by atoms with E-state index >= 15 is 0 Å². The number of ether oxygens (including phenoxy) is 2. The normalized spacial score (nSPS) is 10.4. The Morgan fingerprint density at radius 3 is 2.52 bits per heavy atom. The largest absolute Gasteiger partial charge is 0.493 e. The molecule has 0 N–H and O–H groups in total. The molecule has 0 heterocycles. The van der Waals surface area contributed by atoms with E-state index in [-0.39, 0.29) is 11.7 Å². The molecule has 25 heavy (non-hydrogen) atoms. The Bertz CT molecular complexity index is 734. The molecule has 0 saturated heterocycles. The van der Waals surface area contributed by atoms with E-state index < -0.39 is 0 Å². The molecule has 0 aliphatic rings. The molecule has 1 amide bonds. The molecular weight excluding hydrogens is 389 g/mol. The molecule has 4 nitrogen and oxygen atoms in total. The number of nitrogens with zero attached hydrogens (tertiary/aromatic N) is 1. The summed E-state index contributed by atoms with van der Waals surface area (Å²) in [7, 11) is 3.24. The van der Waals surface area contributed by atoms with Crippen molar-refractivity contribution in [1.82, 2.24) is 4.90 Å². The molecule has 0 fully saturated rings. The van der Waals surface area contributed by atoms with Crippen molar-refractivity contribution in [2.75, 3.05) is 20.8 Å². The number of amides is 1. The van der Waals surface area contributed by atoms with Crippen molar-refractivity contribution >= 4 is 21.8 Å². The fourth-order valence-electron chi connectivity index (χ4n) is 2.34. The summed E-state index contributed by atoms with van der Waals surface area (Å²) in [6, 6.07) is 9.48. The Labute approximate surface area is 155 Å². The number of halogens is 2. The van der Waals surface area contributed by atoms with E-state index in [2.05, 4.69) is 15.9 Å². The van der Waals surface area contributed by atoms with Crippen LogP contribution in [0.15, 0.2) is 40.9 Å². The zero-order valence-electron chi connectivity index (χ0n) is 14.5. The predicted octanol–water partition coefficient (Wildman–Crippen LogP) is 4.66. The lowest BCUT2D eigenvalue weighted by atomic mass is 10.1. The minimum Gasteiger partial charge on any atom is -0.493 e. The molecule has 2 aromatic rings. The van der Waals surface area contributed by atoms with Crippen LogP contribution in [-0.2, 0) is 6.54 Å². The van der Waals surface area contributed by atoms with Crippen molar-refractivity contribution in [3.05, 3.63) is 57.8 Å². The SMILES string of the molecule is CCCOc1c(Br)cc(C(=O)N(C)Cc2ccc(F)cc2)cc1OC. The van der Waals surface area contributed by atoms with Crippen LogP contribution >= 0.6 is 15.9 Å². The molecule has 0 aliphatic carbocycles. The van der Waals surface area contributed by atoms with Crippen LogP contribution in [0.1, 0.15) is 29.3 Å². The van der Waals surface area contributed by atoms with Crippen LogP contribution in [0.3, 0.4) is 0 Å². The average molecular weight is 410 g/mol. The predicted molar refractivity (Wildman–Crippen MR) is 98.7 cm³/mol. The third kappa shape index (κ3) is 4.95. The lowest BCUT2D eigenvalue weighted by molar-refractivity contribution is 0.0784. The zero-order chi connectivity index (χ0) is 18.4. The molecule has 0 aliphatic heterocycles. The van der Waals surface area contributed by atoms with Crippen molar-refractivity contribution in [3.63, 3.8) is 0 Å². The third-order valence-corrected chi connectivity index (χ3v) is 4.20. The van der Waals surface area contributed by atoms with E-state index in [0.717, 1.165) is 12.0 Å². The first kappa shape index (κ1) is 19.2. The molecule has 0 atom stereocenters. The Morgan fingerprint density at radius 1 is 1.24 bits per heavy atom. The fraction of sp³-hybridized carbons (Fsp3) is 0.316.